The van der Waals surface area contributed by atoms with Crippen LogP contribution in [0.25, 0.3) is 11.3 Å². The number of aromatic hydroxyl groups is 1. The van der Waals surface area contributed by atoms with Crippen LogP contribution >= 0.6 is 22.6 Å². The molecule has 0 aliphatic heterocycles. The van der Waals surface area contributed by atoms with Gasteiger partial charge in [-0.2, -0.15) is 0 Å². The molecule has 2 aromatic carbocycles. The minimum Gasteiger partial charge on any atom is -0.491 e. The van der Waals surface area contributed by atoms with Gasteiger partial charge in [0.1, 0.15) is 16.4 Å². The van der Waals surface area contributed by atoms with Crippen molar-refractivity contribution in [1.29, 1.82) is 0 Å². The fraction of sp³-hybridized carbons (Fsp3) is 0.125. The van der Waals surface area contributed by atoms with Crippen molar-refractivity contribution in [1.82, 2.24) is 15.0 Å². The van der Waals surface area contributed by atoms with Gasteiger partial charge in [-0.3, -0.25) is 0 Å². The summed E-state index contributed by atoms with van der Waals surface area (Å²) in [4.78, 5) is -0.692. The highest BCUT2D eigenvalue weighted by Crippen LogP contribution is 2.37. The van der Waals surface area contributed by atoms with Crippen molar-refractivity contribution in [3.63, 3.8) is 0 Å². The third-order valence-corrected chi connectivity index (χ3v) is 5.50. The molecule has 0 bridgehead atoms. The number of hydrogen-bond acceptors (Lipinski definition) is 6. The largest absolute Gasteiger partial charge is 0.491 e. The average molecular weight is 503 g/mol. The Balaban J connectivity index is 2.25. The predicted molar refractivity (Wildman–Crippen MR) is 107 cm³/mol. The van der Waals surface area contributed by atoms with Gasteiger partial charge in [-0.05, 0) is 65.4 Å². The molecule has 4 N–H and O–H groups in total. The molecule has 0 aliphatic rings. The van der Waals surface area contributed by atoms with Gasteiger partial charge in [0.25, 0.3) is 5.88 Å². The second-order valence-corrected chi connectivity index (χ2v) is 8.62. The third-order valence-electron chi connectivity index (χ3n) is 3.90. The van der Waals surface area contributed by atoms with Crippen LogP contribution in [0.1, 0.15) is 5.56 Å². The summed E-state index contributed by atoms with van der Waals surface area (Å²) in [5.41, 5.74) is 2.11. The van der Waals surface area contributed by atoms with Crippen molar-refractivity contribution in [2.24, 2.45) is 12.2 Å². The molecule has 11 heteroatoms. The zero-order valence-electron chi connectivity index (χ0n) is 14.2. The SMILES string of the molecule is Cc1cc(I)ccc1Nc1cc(F)c(S(N)(=O)=O)cc1-c1c(O)nnn1C. The first-order chi connectivity index (χ1) is 12.6. The minimum atomic E-state index is -4.31. The summed E-state index contributed by atoms with van der Waals surface area (Å²) >= 11 is 2.17. The van der Waals surface area contributed by atoms with Crippen LogP contribution in [0.5, 0.6) is 5.88 Å². The first-order valence-electron chi connectivity index (χ1n) is 7.56. The molecule has 8 nitrogen and oxygen atoms in total. The smallest absolute Gasteiger partial charge is 0.259 e. The summed E-state index contributed by atoms with van der Waals surface area (Å²) < 4.78 is 40.2. The van der Waals surface area contributed by atoms with Crippen LogP contribution in [-0.4, -0.2) is 28.5 Å². The topological polar surface area (TPSA) is 123 Å². The van der Waals surface area contributed by atoms with Gasteiger partial charge in [-0.25, -0.2) is 22.6 Å². The summed E-state index contributed by atoms with van der Waals surface area (Å²) in [5.74, 6) is -1.44. The summed E-state index contributed by atoms with van der Waals surface area (Å²) in [7, 11) is -2.80. The number of aryl methyl sites for hydroxylation is 2. The molecule has 1 heterocycles. The van der Waals surface area contributed by atoms with Crippen LogP contribution in [0.15, 0.2) is 35.2 Å². The Hall–Kier alpha value is -2.25. The molecule has 0 saturated carbocycles. The second-order valence-electron chi connectivity index (χ2n) is 5.84. The number of nitrogens with two attached hydrogens (primary N) is 1. The molecular formula is C16H15FIN5O3S. The molecule has 0 aliphatic carbocycles. The summed E-state index contributed by atoms with van der Waals surface area (Å²) in [6, 6.07) is 7.68. The number of primary sulfonamides is 1. The fourth-order valence-corrected chi connectivity index (χ4v) is 3.88. The lowest BCUT2D eigenvalue weighted by Gasteiger charge is -2.16. The number of aromatic nitrogens is 3. The van der Waals surface area contributed by atoms with Crippen LogP contribution < -0.4 is 10.5 Å². The first kappa shape index (κ1) is 19.5. The van der Waals surface area contributed by atoms with Gasteiger partial charge < -0.3 is 10.4 Å². The van der Waals surface area contributed by atoms with E-state index in [0.29, 0.717) is 5.69 Å². The average Bonchev–Trinajstić information content (AvgIpc) is 2.88. The van der Waals surface area contributed by atoms with Crippen molar-refractivity contribution < 1.29 is 17.9 Å². The zero-order chi connectivity index (χ0) is 19.9. The molecule has 0 spiro atoms. The van der Waals surface area contributed by atoms with Gasteiger partial charge >= 0.3 is 0 Å². The number of halogens is 2. The molecule has 27 heavy (non-hydrogen) atoms. The lowest BCUT2D eigenvalue weighted by Crippen LogP contribution is -2.15. The van der Waals surface area contributed by atoms with E-state index in [0.717, 1.165) is 21.3 Å². The minimum absolute atomic E-state index is 0.116. The van der Waals surface area contributed by atoms with Gasteiger partial charge in [0.2, 0.25) is 10.0 Å². The number of hydrogen-bond donors (Lipinski definition) is 3. The maximum absolute atomic E-state index is 14.4. The van der Waals surface area contributed by atoms with Crippen molar-refractivity contribution in [2.75, 3.05) is 5.32 Å². The Labute approximate surface area is 168 Å². The van der Waals surface area contributed by atoms with E-state index in [1.54, 1.807) is 0 Å². The van der Waals surface area contributed by atoms with E-state index in [-0.39, 0.29) is 16.9 Å². The number of nitrogens with one attached hydrogen (secondary N) is 1. The Bertz CT molecular complexity index is 1130. The van der Waals surface area contributed by atoms with E-state index < -0.39 is 26.6 Å². The standard InChI is InChI=1S/C16H15FIN5O3S/c1-8-5-9(18)3-4-12(8)20-13-7-11(17)14(27(19,25)26)6-10(13)15-16(24)21-22-23(15)2/h3-7,20,24H,1-2H3,(H2,19,25,26). The summed E-state index contributed by atoms with van der Waals surface area (Å²) in [6.45, 7) is 1.88. The second kappa shape index (κ2) is 7.05. The maximum atomic E-state index is 14.4. The quantitative estimate of drug-likeness (QED) is 0.471. The zero-order valence-corrected chi connectivity index (χ0v) is 17.2. The van der Waals surface area contributed by atoms with E-state index in [4.69, 9.17) is 5.14 Å². The normalized spacial score (nSPS) is 11.6. The molecular weight excluding hydrogens is 488 g/mol. The lowest BCUT2D eigenvalue weighted by atomic mass is 10.1. The monoisotopic (exact) mass is 503 g/mol. The van der Waals surface area contributed by atoms with Crippen molar-refractivity contribution >= 4 is 44.0 Å². The molecule has 3 aromatic rings. The van der Waals surface area contributed by atoms with Gasteiger partial charge in [0.15, 0.2) is 0 Å². The van der Waals surface area contributed by atoms with Crippen molar-refractivity contribution in [3.8, 4) is 17.1 Å². The number of rotatable bonds is 4. The Morgan fingerprint density at radius 1 is 1.26 bits per heavy atom. The van der Waals surface area contributed by atoms with Gasteiger partial charge in [-0.1, -0.05) is 10.3 Å². The molecule has 0 unspecified atom stereocenters. The van der Waals surface area contributed by atoms with Crippen LogP contribution in [-0.2, 0) is 17.1 Å². The first-order valence-corrected chi connectivity index (χ1v) is 10.2. The van der Waals surface area contributed by atoms with Crippen LogP contribution in [0.3, 0.4) is 0 Å². The fourth-order valence-electron chi connectivity index (χ4n) is 2.62. The number of benzene rings is 2. The molecule has 142 valence electrons. The van der Waals surface area contributed by atoms with Crippen molar-refractivity contribution in [2.45, 2.75) is 11.8 Å². The molecule has 0 radical (unpaired) electrons. The number of anilines is 2. The van der Waals surface area contributed by atoms with E-state index in [1.165, 1.54) is 11.7 Å². The Kier molecular flexibility index (Phi) is 5.10. The van der Waals surface area contributed by atoms with E-state index >= 15 is 0 Å². The molecule has 1 aromatic heterocycles. The molecule has 0 saturated heterocycles. The maximum Gasteiger partial charge on any atom is 0.259 e. The van der Waals surface area contributed by atoms with Crippen LogP contribution in [0.2, 0.25) is 0 Å². The van der Waals surface area contributed by atoms with Crippen LogP contribution in [0, 0.1) is 16.3 Å². The molecule has 0 amide bonds. The van der Waals surface area contributed by atoms with E-state index in [2.05, 4.69) is 38.2 Å². The molecule has 0 atom stereocenters. The van der Waals surface area contributed by atoms with E-state index in [1.807, 2.05) is 25.1 Å². The summed E-state index contributed by atoms with van der Waals surface area (Å²) in [6.07, 6.45) is 0. The highest BCUT2D eigenvalue weighted by atomic mass is 127. The number of sulfonamides is 1. The number of nitrogens with zero attached hydrogens (tertiary/aromatic N) is 3. The highest BCUT2D eigenvalue weighted by molar-refractivity contribution is 14.1. The van der Waals surface area contributed by atoms with Gasteiger partial charge in [-0.15, -0.1) is 0 Å². The highest BCUT2D eigenvalue weighted by Gasteiger charge is 2.23. The van der Waals surface area contributed by atoms with Gasteiger partial charge in [0, 0.05) is 21.9 Å². The Morgan fingerprint density at radius 3 is 2.52 bits per heavy atom. The van der Waals surface area contributed by atoms with Gasteiger partial charge in [0.05, 0.1) is 5.69 Å². The lowest BCUT2D eigenvalue weighted by molar-refractivity contribution is 0.453. The molecule has 0 fully saturated rings. The summed E-state index contributed by atoms with van der Waals surface area (Å²) in [5, 5.41) is 25.5. The third kappa shape index (κ3) is 3.89. The van der Waals surface area contributed by atoms with E-state index in [9.17, 15) is 17.9 Å². The van der Waals surface area contributed by atoms with Crippen molar-refractivity contribution in [3.05, 3.63) is 45.3 Å². The molecule has 3 rings (SSSR count). The predicted octanol–water partition coefficient (Wildman–Crippen LogP) is 2.63. The van der Waals surface area contributed by atoms with Crippen LogP contribution in [0.4, 0.5) is 15.8 Å². The Morgan fingerprint density at radius 2 is 1.96 bits per heavy atom.